The summed E-state index contributed by atoms with van der Waals surface area (Å²) < 4.78 is 0. The molecule has 2 nitrogen and oxygen atoms in total. The Bertz CT molecular complexity index is 359. The lowest BCUT2D eigenvalue weighted by Crippen LogP contribution is -2.34. The number of nitrogens with zero attached hydrogens (tertiary/aromatic N) is 1. The van der Waals surface area contributed by atoms with Crippen LogP contribution in [0.15, 0.2) is 12.1 Å². The van der Waals surface area contributed by atoms with Crippen molar-refractivity contribution >= 4 is 33.2 Å². The van der Waals surface area contributed by atoms with Crippen LogP contribution in [0.3, 0.4) is 0 Å². The highest BCUT2D eigenvalue weighted by atomic mass is 79.9. The predicted molar refractivity (Wildman–Crippen MR) is 66.9 cm³/mol. The molecule has 0 N–H and O–H groups in total. The Balaban J connectivity index is 2.10. The Hall–Kier alpha value is -0.350. The van der Waals surface area contributed by atoms with E-state index in [0.29, 0.717) is 6.04 Å². The summed E-state index contributed by atoms with van der Waals surface area (Å²) in [6.07, 6.45) is 2.34. The van der Waals surface area contributed by atoms with Crippen molar-refractivity contribution in [1.29, 1.82) is 0 Å². The molecule has 0 atom stereocenters. The molecular formula is C11H14BrNOS. The van der Waals surface area contributed by atoms with Gasteiger partial charge in [-0.25, -0.2) is 0 Å². The molecule has 0 aromatic carbocycles. The lowest BCUT2D eigenvalue weighted by Gasteiger charge is -2.20. The Kier molecular flexibility index (Phi) is 3.46. The predicted octanol–water partition coefficient (Wildman–Crippen LogP) is 3.06. The van der Waals surface area contributed by atoms with Crippen LogP contribution >= 0.6 is 27.3 Å². The maximum Gasteiger partial charge on any atom is 0.264 e. The van der Waals surface area contributed by atoms with Crippen molar-refractivity contribution in [2.45, 2.75) is 25.8 Å². The average Bonchev–Trinajstić information content (AvgIpc) is 2.96. The van der Waals surface area contributed by atoms with E-state index in [0.717, 1.165) is 16.8 Å². The maximum atomic E-state index is 12.1. The van der Waals surface area contributed by atoms with Gasteiger partial charge in [-0.05, 0) is 31.9 Å². The van der Waals surface area contributed by atoms with Crippen LogP contribution in [-0.2, 0) is 0 Å². The lowest BCUT2D eigenvalue weighted by molar-refractivity contribution is 0.0759. The normalized spacial score (nSPS) is 15.3. The van der Waals surface area contributed by atoms with Gasteiger partial charge in [-0.3, -0.25) is 4.79 Å². The van der Waals surface area contributed by atoms with Crippen LogP contribution in [0.25, 0.3) is 0 Å². The average molecular weight is 288 g/mol. The summed E-state index contributed by atoms with van der Waals surface area (Å²) in [6.45, 7) is 2.86. The SMILES string of the molecule is Cc1ccc(C(=O)N(CCBr)C2CC2)s1. The van der Waals surface area contributed by atoms with E-state index in [4.69, 9.17) is 0 Å². The molecule has 0 unspecified atom stereocenters. The summed E-state index contributed by atoms with van der Waals surface area (Å²) in [5.74, 6) is 0.204. The molecule has 1 aromatic heterocycles. The van der Waals surface area contributed by atoms with E-state index in [1.807, 2.05) is 24.0 Å². The molecule has 1 amide bonds. The number of amides is 1. The van der Waals surface area contributed by atoms with Gasteiger partial charge in [-0.1, -0.05) is 15.9 Å². The Morgan fingerprint density at radius 1 is 1.60 bits per heavy atom. The van der Waals surface area contributed by atoms with E-state index >= 15 is 0 Å². The van der Waals surface area contributed by atoms with Crippen molar-refractivity contribution in [3.63, 3.8) is 0 Å². The van der Waals surface area contributed by atoms with Crippen molar-refractivity contribution in [2.75, 3.05) is 11.9 Å². The molecule has 0 saturated heterocycles. The smallest absolute Gasteiger partial charge is 0.264 e. The van der Waals surface area contributed by atoms with Crippen LogP contribution in [0.1, 0.15) is 27.4 Å². The highest BCUT2D eigenvalue weighted by molar-refractivity contribution is 9.09. The molecule has 1 saturated carbocycles. The van der Waals surface area contributed by atoms with Gasteiger partial charge in [0.15, 0.2) is 0 Å². The molecule has 1 fully saturated rings. The number of rotatable bonds is 4. The number of carbonyl (C=O) groups is 1. The summed E-state index contributed by atoms with van der Waals surface area (Å²) >= 11 is 4.99. The molecule has 0 spiro atoms. The molecule has 1 heterocycles. The van der Waals surface area contributed by atoms with E-state index in [1.165, 1.54) is 17.7 Å². The second-order valence-corrected chi connectivity index (χ2v) is 5.91. The van der Waals surface area contributed by atoms with Crippen LogP contribution in [0.5, 0.6) is 0 Å². The molecule has 82 valence electrons. The maximum absolute atomic E-state index is 12.1. The molecule has 1 aliphatic carbocycles. The van der Waals surface area contributed by atoms with E-state index in [2.05, 4.69) is 15.9 Å². The van der Waals surface area contributed by atoms with Gasteiger partial charge in [-0.15, -0.1) is 11.3 Å². The number of thiophene rings is 1. The van der Waals surface area contributed by atoms with Crippen LogP contribution in [0.4, 0.5) is 0 Å². The fraction of sp³-hybridized carbons (Fsp3) is 0.545. The number of halogens is 1. The van der Waals surface area contributed by atoms with Gasteiger partial charge in [0.2, 0.25) is 0 Å². The molecule has 2 rings (SSSR count). The van der Waals surface area contributed by atoms with Gasteiger partial charge >= 0.3 is 0 Å². The Labute approximate surface area is 102 Å². The minimum absolute atomic E-state index is 0.204. The Morgan fingerprint density at radius 3 is 2.80 bits per heavy atom. The van der Waals surface area contributed by atoms with Gasteiger partial charge in [0.05, 0.1) is 4.88 Å². The number of aryl methyl sites for hydroxylation is 1. The van der Waals surface area contributed by atoms with Gasteiger partial charge in [0.25, 0.3) is 5.91 Å². The number of hydrogen-bond donors (Lipinski definition) is 0. The molecule has 0 radical (unpaired) electrons. The van der Waals surface area contributed by atoms with E-state index in [-0.39, 0.29) is 5.91 Å². The van der Waals surface area contributed by atoms with Gasteiger partial charge in [0.1, 0.15) is 0 Å². The summed E-state index contributed by atoms with van der Waals surface area (Å²) in [4.78, 5) is 16.2. The minimum Gasteiger partial charge on any atom is -0.334 e. The van der Waals surface area contributed by atoms with Crippen LogP contribution < -0.4 is 0 Å². The molecule has 0 aliphatic heterocycles. The highest BCUT2D eigenvalue weighted by Crippen LogP contribution is 2.29. The van der Waals surface area contributed by atoms with Crippen molar-refractivity contribution in [1.82, 2.24) is 4.90 Å². The summed E-state index contributed by atoms with van der Waals surface area (Å²) in [5, 5.41) is 0.861. The van der Waals surface area contributed by atoms with Crippen molar-refractivity contribution in [3.8, 4) is 0 Å². The van der Waals surface area contributed by atoms with Crippen LogP contribution in [-0.4, -0.2) is 28.7 Å². The third kappa shape index (κ3) is 2.61. The zero-order chi connectivity index (χ0) is 10.8. The van der Waals surface area contributed by atoms with E-state index < -0.39 is 0 Å². The summed E-state index contributed by atoms with van der Waals surface area (Å²) in [5.41, 5.74) is 0. The zero-order valence-electron chi connectivity index (χ0n) is 8.70. The first-order valence-corrected chi connectivity index (χ1v) is 7.09. The van der Waals surface area contributed by atoms with Gasteiger partial charge in [0, 0.05) is 22.8 Å². The van der Waals surface area contributed by atoms with Crippen molar-refractivity contribution < 1.29 is 4.79 Å². The molecule has 15 heavy (non-hydrogen) atoms. The first-order chi connectivity index (χ1) is 7.22. The molecule has 1 aliphatic rings. The van der Waals surface area contributed by atoms with Gasteiger partial charge in [-0.2, -0.15) is 0 Å². The highest BCUT2D eigenvalue weighted by Gasteiger charge is 2.32. The standard InChI is InChI=1S/C11H14BrNOS/c1-8-2-5-10(15-8)11(14)13(7-6-12)9-3-4-9/h2,5,9H,3-4,6-7H2,1H3. The van der Waals surface area contributed by atoms with Gasteiger partial charge < -0.3 is 4.90 Å². The molecule has 0 bridgehead atoms. The lowest BCUT2D eigenvalue weighted by atomic mass is 10.3. The van der Waals surface area contributed by atoms with Crippen LogP contribution in [0.2, 0.25) is 0 Å². The largest absolute Gasteiger partial charge is 0.334 e. The van der Waals surface area contributed by atoms with Crippen molar-refractivity contribution in [3.05, 3.63) is 21.9 Å². The first-order valence-electron chi connectivity index (χ1n) is 5.15. The monoisotopic (exact) mass is 287 g/mol. The summed E-state index contributed by atoms with van der Waals surface area (Å²) in [6, 6.07) is 4.45. The Morgan fingerprint density at radius 2 is 2.33 bits per heavy atom. The topological polar surface area (TPSA) is 20.3 Å². The zero-order valence-corrected chi connectivity index (χ0v) is 11.1. The van der Waals surface area contributed by atoms with E-state index in [1.54, 1.807) is 11.3 Å². The van der Waals surface area contributed by atoms with Crippen molar-refractivity contribution in [2.24, 2.45) is 0 Å². The number of hydrogen-bond acceptors (Lipinski definition) is 2. The first kappa shape index (κ1) is 11.1. The minimum atomic E-state index is 0.204. The second-order valence-electron chi connectivity index (χ2n) is 3.83. The van der Waals surface area contributed by atoms with E-state index in [9.17, 15) is 4.79 Å². The van der Waals surface area contributed by atoms with Crippen LogP contribution in [0, 0.1) is 6.92 Å². The third-order valence-corrected chi connectivity index (χ3v) is 3.87. The molecule has 1 aromatic rings. The fourth-order valence-corrected chi connectivity index (χ4v) is 2.82. The molecule has 4 heteroatoms. The molecular weight excluding hydrogens is 274 g/mol. The number of alkyl halides is 1. The number of carbonyl (C=O) groups excluding carboxylic acids is 1. The third-order valence-electron chi connectivity index (χ3n) is 2.53. The quantitative estimate of drug-likeness (QED) is 0.780. The fourth-order valence-electron chi connectivity index (χ4n) is 1.62. The summed E-state index contributed by atoms with van der Waals surface area (Å²) in [7, 11) is 0. The second kappa shape index (κ2) is 4.66.